The molecule has 3 rings (SSSR count). The molecular weight excluding hydrogens is 358 g/mol. The van der Waals surface area contributed by atoms with Crippen molar-refractivity contribution in [2.24, 2.45) is 0 Å². The van der Waals surface area contributed by atoms with Gasteiger partial charge in [-0.2, -0.15) is 0 Å². The maximum absolute atomic E-state index is 12.5. The number of anilines is 1. The van der Waals surface area contributed by atoms with Crippen molar-refractivity contribution in [2.45, 2.75) is 11.8 Å². The lowest BCUT2D eigenvalue weighted by Crippen LogP contribution is -2.13. The lowest BCUT2D eigenvalue weighted by Gasteiger charge is -2.09. The van der Waals surface area contributed by atoms with Gasteiger partial charge in [-0.3, -0.25) is 4.72 Å². The fourth-order valence-corrected chi connectivity index (χ4v) is 3.41. The first-order valence-electron chi connectivity index (χ1n) is 7.73. The summed E-state index contributed by atoms with van der Waals surface area (Å²) in [5, 5.41) is 0.491. The zero-order valence-corrected chi connectivity index (χ0v) is 14.6. The van der Waals surface area contributed by atoms with Crippen LogP contribution in [-0.4, -0.2) is 21.0 Å². The summed E-state index contributed by atoms with van der Waals surface area (Å²) < 4.78 is 37.4. The first kappa shape index (κ1) is 17.7. The summed E-state index contributed by atoms with van der Waals surface area (Å²) in [7, 11) is -3.84. The Hall–Kier alpha value is -3.13. The minimum atomic E-state index is -3.84. The number of carbonyl (C=O) groups excluding carboxylic acids is 1. The minimum Gasteiger partial charge on any atom is -0.462 e. The Labute approximate surface area is 149 Å². The lowest BCUT2D eigenvalue weighted by molar-refractivity contribution is 0.0526. The van der Waals surface area contributed by atoms with Gasteiger partial charge in [-0.1, -0.05) is 0 Å². The largest absolute Gasteiger partial charge is 0.462 e. The number of sulfonamides is 1. The molecule has 0 spiro atoms. The summed E-state index contributed by atoms with van der Waals surface area (Å²) >= 11 is 0. The molecule has 0 atom stereocenters. The number of ether oxygens (including phenoxy) is 1. The molecule has 134 valence electrons. The molecule has 0 fully saturated rings. The number of carbonyl (C=O) groups is 1. The van der Waals surface area contributed by atoms with E-state index in [2.05, 4.69) is 4.72 Å². The number of esters is 1. The molecule has 2 aromatic carbocycles. The highest BCUT2D eigenvalue weighted by Crippen LogP contribution is 2.21. The quantitative estimate of drug-likeness (QED) is 0.545. The summed E-state index contributed by atoms with van der Waals surface area (Å²) in [6.45, 7) is 1.96. The second kappa shape index (κ2) is 7.01. The molecule has 1 N–H and O–H groups in total. The van der Waals surface area contributed by atoms with Crippen molar-refractivity contribution in [3.8, 4) is 0 Å². The minimum absolute atomic E-state index is 0.0216. The van der Waals surface area contributed by atoms with Crippen LogP contribution in [0.5, 0.6) is 0 Å². The highest BCUT2D eigenvalue weighted by Gasteiger charge is 2.16. The predicted octanol–water partition coefficient (Wildman–Crippen LogP) is 2.77. The van der Waals surface area contributed by atoms with Crippen LogP contribution in [0, 0.1) is 0 Å². The molecule has 0 saturated carbocycles. The molecule has 1 heterocycles. The van der Waals surface area contributed by atoms with Gasteiger partial charge in [0.25, 0.3) is 10.0 Å². The number of hydrogen-bond acceptors (Lipinski definition) is 6. The number of hydrogen-bond donors (Lipinski definition) is 1. The predicted molar refractivity (Wildman–Crippen MR) is 95.7 cm³/mol. The van der Waals surface area contributed by atoms with E-state index >= 15 is 0 Å². The molecule has 0 amide bonds. The maximum Gasteiger partial charge on any atom is 0.338 e. The third-order valence-electron chi connectivity index (χ3n) is 3.55. The van der Waals surface area contributed by atoms with Crippen LogP contribution in [-0.2, 0) is 14.8 Å². The lowest BCUT2D eigenvalue weighted by atomic mass is 10.2. The van der Waals surface area contributed by atoms with Gasteiger partial charge >= 0.3 is 11.6 Å². The van der Waals surface area contributed by atoms with Gasteiger partial charge < -0.3 is 9.15 Å². The number of rotatable bonds is 5. The summed E-state index contributed by atoms with van der Waals surface area (Å²) in [4.78, 5) is 22.8. The van der Waals surface area contributed by atoms with Crippen LogP contribution in [0.2, 0.25) is 0 Å². The van der Waals surface area contributed by atoms with E-state index in [1.807, 2.05) is 0 Å². The average Bonchev–Trinajstić information content (AvgIpc) is 2.61. The molecule has 1 aromatic heterocycles. The van der Waals surface area contributed by atoms with Crippen LogP contribution < -0.4 is 10.3 Å². The highest BCUT2D eigenvalue weighted by molar-refractivity contribution is 7.92. The Morgan fingerprint density at radius 3 is 2.50 bits per heavy atom. The molecule has 0 aliphatic rings. The van der Waals surface area contributed by atoms with E-state index in [9.17, 15) is 18.0 Å². The maximum atomic E-state index is 12.5. The van der Waals surface area contributed by atoms with Gasteiger partial charge in [0.1, 0.15) is 5.58 Å². The molecule has 7 nitrogen and oxygen atoms in total. The number of nitrogens with one attached hydrogen (secondary N) is 1. The topological polar surface area (TPSA) is 103 Å². The van der Waals surface area contributed by atoms with E-state index in [4.69, 9.17) is 9.15 Å². The summed E-state index contributed by atoms with van der Waals surface area (Å²) in [5.74, 6) is -0.474. The van der Waals surface area contributed by atoms with E-state index in [-0.39, 0.29) is 11.5 Å². The molecule has 26 heavy (non-hydrogen) atoms. The van der Waals surface area contributed by atoms with Crippen LogP contribution in [0.1, 0.15) is 17.3 Å². The van der Waals surface area contributed by atoms with Crippen LogP contribution >= 0.6 is 0 Å². The smallest absolute Gasteiger partial charge is 0.338 e. The third kappa shape index (κ3) is 3.75. The van der Waals surface area contributed by atoms with Crippen LogP contribution in [0.3, 0.4) is 0 Å². The van der Waals surface area contributed by atoms with Crippen molar-refractivity contribution >= 4 is 32.6 Å². The fraction of sp³-hybridized carbons (Fsp3) is 0.111. The monoisotopic (exact) mass is 373 g/mol. The Balaban J connectivity index is 1.85. The van der Waals surface area contributed by atoms with E-state index < -0.39 is 21.6 Å². The molecule has 0 aliphatic heterocycles. The zero-order chi connectivity index (χ0) is 18.7. The molecule has 0 radical (unpaired) electrons. The first-order valence-corrected chi connectivity index (χ1v) is 9.21. The van der Waals surface area contributed by atoms with Gasteiger partial charge in [-0.15, -0.1) is 0 Å². The van der Waals surface area contributed by atoms with Gasteiger partial charge in [-0.05, 0) is 55.5 Å². The van der Waals surface area contributed by atoms with Gasteiger partial charge in [0.2, 0.25) is 0 Å². The van der Waals surface area contributed by atoms with Gasteiger partial charge in [0, 0.05) is 17.1 Å². The molecule has 8 heteroatoms. The van der Waals surface area contributed by atoms with E-state index in [0.717, 1.165) is 0 Å². The molecule has 3 aromatic rings. The Bertz CT molecular complexity index is 1120. The Morgan fingerprint density at radius 2 is 1.81 bits per heavy atom. The first-order chi connectivity index (χ1) is 12.4. The van der Waals surface area contributed by atoms with Crippen molar-refractivity contribution in [1.29, 1.82) is 0 Å². The second-order valence-electron chi connectivity index (χ2n) is 5.36. The number of benzene rings is 2. The zero-order valence-electron chi connectivity index (χ0n) is 13.8. The average molecular weight is 373 g/mol. The Kier molecular flexibility index (Phi) is 4.77. The Morgan fingerprint density at radius 1 is 1.08 bits per heavy atom. The number of fused-ring (bicyclic) bond motifs is 1. The van der Waals surface area contributed by atoms with Crippen molar-refractivity contribution in [3.05, 3.63) is 70.6 Å². The summed E-state index contributed by atoms with van der Waals surface area (Å²) in [6, 6.07) is 12.8. The van der Waals surface area contributed by atoms with Crippen molar-refractivity contribution in [2.75, 3.05) is 11.3 Å². The van der Waals surface area contributed by atoms with E-state index in [0.29, 0.717) is 22.2 Å². The summed E-state index contributed by atoms with van der Waals surface area (Å²) in [5.41, 5.74) is 0.427. The van der Waals surface area contributed by atoms with E-state index in [1.165, 1.54) is 54.6 Å². The fourth-order valence-electron chi connectivity index (χ4n) is 2.32. The van der Waals surface area contributed by atoms with Crippen molar-refractivity contribution in [3.63, 3.8) is 0 Å². The summed E-state index contributed by atoms with van der Waals surface area (Å²) in [6.07, 6.45) is 0. The molecule has 0 saturated heterocycles. The third-order valence-corrected chi connectivity index (χ3v) is 4.93. The van der Waals surface area contributed by atoms with Crippen LogP contribution in [0.25, 0.3) is 11.0 Å². The molecule has 0 unspecified atom stereocenters. The highest BCUT2D eigenvalue weighted by atomic mass is 32.2. The molecule has 0 bridgehead atoms. The normalized spacial score (nSPS) is 11.3. The molecular formula is C18H15NO6S. The van der Waals surface area contributed by atoms with Gasteiger partial charge in [0.15, 0.2) is 0 Å². The van der Waals surface area contributed by atoms with Gasteiger partial charge in [0.05, 0.1) is 17.1 Å². The standard InChI is InChI=1S/C18H15NO6S/c1-2-24-18(21)12-3-6-14(7-4-12)19-26(22,23)15-8-9-16-13(11-15)5-10-17(20)25-16/h3-11,19H,2H2,1H3. The van der Waals surface area contributed by atoms with Gasteiger partial charge in [-0.25, -0.2) is 18.0 Å². The van der Waals surface area contributed by atoms with Crippen molar-refractivity contribution < 1.29 is 22.4 Å². The SMILES string of the molecule is CCOC(=O)c1ccc(NS(=O)(=O)c2ccc3oc(=O)ccc3c2)cc1. The molecule has 0 aliphatic carbocycles. The van der Waals surface area contributed by atoms with E-state index in [1.54, 1.807) is 6.92 Å². The second-order valence-corrected chi connectivity index (χ2v) is 7.04. The van der Waals surface area contributed by atoms with Crippen LogP contribution in [0.15, 0.2) is 68.7 Å². The van der Waals surface area contributed by atoms with Crippen molar-refractivity contribution in [1.82, 2.24) is 0 Å². The van der Waals surface area contributed by atoms with Crippen LogP contribution in [0.4, 0.5) is 5.69 Å².